The molecule has 1 heterocycles. The summed E-state index contributed by atoms with van der Waals surface area (Å²) >= 11 is 0. The van der Waals surface area contributed by atoms with Crippen molar-refractivity contribution in [3.05, 3.63) is 35.6 Å². The first-order valence-electron chi connectivity index (χ1n) is 7.34. The van der Waals surface area contributed by atoms with Crippen molar-refractivity contribution in [3.8, 4) is 0 Å². The second-order valence-electron chi connectivity index (χ2n) is 5.84. The largest absolute Gasteiger partial charge is 0.349 e. The van der Waals surface area contributed by atoms with E-state index < -0.39 is 0 Å². The molecule has 0 bridgehead atoms. The van der Waals surface area contributed by atoms with Gasteiger partial charge in [0, 0.05) is 12.5 Å². The molecule has 4 heteroatoms. The Hall–Kier alpha value is -1.42. The molecule has 2 N–H and O–H groups in total. The lowest BCUT2D eigenvalue weighted by Gasteiger charge is -2.24. The van der Waals surface area contributed by atoms with Crippen molar-refractivity contribution in [1.29, 1.82) is 0 Å². The van der Waals surface area contributed by atoms with Crippen LogP contribution in [0.3, 0.4) is 0 Å². The smallest absolute Gasteiger partial charge is 0.222 e. The van der Waals surface area contributed by atoms with E-state index in [4.69, 9.17) is 0 Å². The summed E-state index contributed by atoms with van der Waals surface area (Å²) in [5, 5.41) is 6.40. The monoisotopic (exact) mass is 278 g/mol. The van der Waals surface area contributed by atoms with Crippen LogP contribution in [0, 0.1) is 11.7 Å². The predicted molar refractivity (Wildman–Crippen MR) is 77.8 cm³/mol. The van der Waals surface area contributed by atoms with Gasteiger partial charge in [0.05, 0.1) is 6.04 Å². The zero-order valence-corrected chi connectivity index (χ0v) is 12.2. The standard InChI is InChI=1S/C16H23FN2O/c1-11(2)16(12-5-7-13(17)8-6-12)19-15(20)10-14-4-3-9-18-14/h5-8,11,14,16,18H,3-4,9-10H2,1-2H3,(H,19,20). The molecule has 0 spiro atoms. The Kier molecular flexibility index (Phi) is 5.12. The highest BCUT2D eigenvalue weighted by molar-refractivity contribution is 5.77. The molecule has 3 nitrogen and oxygen atoms in total. The summed E-state index contributed by atoms with van der Waals surface area (Å²) in [5.74, 6) is 0.0751. The van der Waals surface area contributed by atoms with Crippen LogP contribution in [0.25, 0.3) is 0 Å². The molecule has 1 amide bonds. The van der Waals surface area contributed by atoms with E-state index in [1.165, 1.54) is 12.1 Å². The van der Waals surface area contributed by atoms with Gasteiger partial charge in [0.15, 0.2) is 0 Å². The Morgan fingerprint density at radius 3 is 2.65 bits per heavy atom. The molecule has 1 aliphatic heterocycles. The lowest BCUT2D eigenvalue weighted by atomic mass is 9.95. The molecule has 0 aromatic heterocycles. The fourth-order valence-corrected chi connectivity index (χ4v) is 2.69. The Morgan fingerprint density at radius 1 is 1.40 bits per heavy atom. The van der Waals surface area contributed by atoms with Crippen molar-refractivity contribution in [3.63, 3.8) is 0 Å². The molecule has 0 aliphatic carbocycles. The van der Waals surface area contributed by atoms with Gasteiger partial charge in [-0.3, -0.25) is 4.79 Å². The first-order valence-corrected chi connectivity index (χ1v) is 7.34. The van der Waals surface area contributed by atoms with E-state index in [-0.39, 0.29) is 23.7 Å². The number of amides is 1. The molecule has 110 valence electrons. The third-order valence-corrected chi connectivity index (χ3v) is 3.81. The third-order valence-electron chi connectivity index (χ3n) is 3.81. The maximum atomic E-state index is 13.0. The van der Waals surface area contributed by atoms with Gasteiger partial charge in [0.2, 0.25) is 5.91 Å². The van der Waals surface area contributed by atoms with Crippen LogP contribution in [0.1, 0.15) is 44.7 Å². The Bertz CT molecular complexity index is 438. The third kappa shape index (κ3) is 4.04. The van der Waals surface area contributed by atoms with Gasteiger partial charge in [-0.25, -0.2) is 4.39 Å². The van der Waals surface area contributed by atoms with Crippen LogP contribution in [0.15, 0.2) is 24.3 Å². The van der Waals surface area contributed by atoms with E-state index in [1.807, 2.05) is 0 Å². The van der Waals surface area contributed by atoms with Crippen molar-refractivity contribution < 1.29 is 9.18 Å². The number of carbonyl (C=O) groups excluding carboxylic acids is 1. The highest BCUT2D eigenvalue weighted by Crippen LogP contribution is 2.22. The maximum Gasteiger partial charge on any atom is 0.222 e. The van der Waals surface area contributed by atoms with Crippen LogP contribution in [0.2, 0.25) is 0 Å². The summed E-state index contributed by atoms with van der Waals surface area (Å²) in [5.41, 5.74) is 0.953. The molecule has 1 aliphatic rings. The number of halogens is 1. The van der Waals surface area contributed by atoms with Crippen LogP contribution in [0.5, 0.6) is 0 Å². The molecular weight excluding hydrogens is 255 g/mol. The first-order chi connectivity index (χ1) is 9.56. The van der Waals surface area contributed by atoms with Crippen LogP contribution in [0.4, 0.5) is 4.39 Å². The van der Waals surface area contributed by atoms with Gasteiger partial charge in [-0.05, 0) is 43.0 Å². The number of carbonyl (C=O) groups is 1. The lowest BCUT2D eigenvalue weighted by Crippen LogP contribution is -2.36. The first kappa shape index (κ1) is 15.0. The molecule has 1 aromatic rings. The molecule has 1 saturated heterocycles. The second-order valence-corrected chi connectivity index (χ2v) is 5.84. The fraction of sp³-hybridized carbons (Fsp3) is 0.562. The number of benzene rings is 1. The lowest BCUT2D eigenvalue weighted by molar-refractivity contribution is -0.122. The zero-order valence-electron chi connectivity index (χ0n) is 12.2. The van der Waals surface area contributed by atoms with E-state index in [0.717, 1.165) is 24.9 Å². The number of hydrogen-bond acceptors (Lipinski definition) is 2. The summed E-state index contributed by atoms with van der Waals surface area (Å²) in [6.45, 7) is 5.12. The molecule has 20 heavy (non-hydrogen) atoms. The van der Waals surface area contributed by atoms with Crippen LogP contribution >= 0.6 is 0 Å². The van der Waals surface area contributed by atoms with Crippen molar-refractivity contribution in [2.75, 3.05) is 6.54 Å². The molecule has 2 unspecified atom stereocenters. The van der Waals surface area contributed by atoms with Crippen LogP contribution in [-0.4, -0.2) is 18.5 Å². The maximum absolute atomic E-state index is 13.0. The van der Waals surface area contributed by atoms with Gasteiger partial charge in [0.25, 0.3) is 0 Å². The quantitative estimate of drug-likeness (QED) is 0.869. The molecule has 0 radical (unpaired) electrons. The zero-order chi connectivity index (χ0) is 14.5. The normalized spacial score (nSPS) is 20.1. The number of rotatable bonds is 5. The van der Waals surface area contributed by atoms with Gasteiger partial charge in [-0.15, -0.1) is 0 Å². The van der Waals surface area contributed by atoms with E-state index >= 15 is 0 Å². The van der Waals surface area contributed by atoms with Gasteiger partial charge in [-0.2, -0.15) is 0 Å². The molecule has 1 fully saturated rings. The van der Waals surface area contributed by atoms with Gasteiger partial charge in [0.1, 0.15) is 5.82 Å². The minimum Gasteiger partial charge on any atom is -0.349 e. The molecule has 1 aromatic carbocycles. The average Bonchev–Trinajstić information content (AvgIpc) is 2.90. The fourth-order valence-electron chi connectivity index (χ4n) is 2.69. The number of hydrogen-bond donors (Lipinski definition) is 2. The Balaban J connectivity index is 1.98. The minimum atomic E-state index is -0.252. The van der Waals surface area contributed by atoms with Gasteiger partial charge < -0.3 is 10.6 Å². The highest BCUT2D eigenvalue weighted by Gasteiger charge is 2.22. The van der Waals surface area contributed by atoms with E-state index in [1.54, 1.807) is 12.1 Å². The minimum absolute atomic E-state index is 0.0624. The van der Waals surface area contributed by atoms with Crippen molar-refractivity contribution >= 4 is 5.91 Å². The summed E-state index contributed by atoms with van der Waals surface area (Å²) in [7, 11) is 0. The van der Waals surface area contributed by atoms with E-state index in [9.17, 15) is 9.18 Å². The summed E-state index contributed by atoms with van der Waals surface area (Å²) in [4.78, 5) is 12.1. The highest BCUT2D eigenvalue weighted by atomic mass is 19.1. The van der Waals surface area contributed by atoms with Crippen molar-refractivity contribution in [1.82, 2.24) is 10.6 Å². The molecule has 2 atom stereocenters. The summed E-state index contributed by atoms with van der Waals surface area (Å²) in [6, 6.07) is 6.60. The predicted octanol–water partition coefficient (Wildman–Crippen LogP) is 2.78. The molecule has 0 saturated carbocycles. The van der Waals surface area contributed by atoms with E-state index in [0.29, 0.717) is 12.5 Å². The van der Waals surface area contributed by atoms with Gasteiger partial charge >= 0.3 is 0 Å². The summed E-state index contributed by atoms with van der Waals surface area (Å²) in [6.07, 6.45) is 2.73. The van der Waals surface area contributed by atoms with Crippen molar-refractivity contribution in [2.24, 2.45) is 5.92 Å². The summed E-state index contributed by atoms with van der Waals surface area (Å²) < 4.78 is 13.0. The Labute approximate surface area is 120 Å². The average molecular weight is 278 g/mol. The molecule has 2 rings (SSSR count). The SMILES string of the molecule is CC(C)C(NC(=O)CC1CCCN1)c1ccc(F)cc1. The Morgan fingerprint density at radius 2 is 2.10 bits per heavy atom. The van der Waals surface area contributed by atoms with Crippen LogP contribution in [-0.2, 0) is 4.79 Å². The van der Waals surface area contributed by atoms with Gasteiger partial charge in [-0.1, -0.05) is 26.0 Å². The second kappa shape index (κ2) is 6.84. The van der Waals surface area contributed by atoms with E-state index in [2.05, 4.69) is 24.5 Å². The van der Waals surface area contributed by atoms with Crippen LogP contribution < -0.4 is 10.6 Å². The molecular formula is C16H23FN2O. The number of nitrogens with one attached hydrogen (secondary N) is 2. The topological polar surface area (TPSA) is 41.1 Å². The van der Waals surface area contributed by atoms with Crippen molar-refractivity contribution in [2.45, 2.75) is 45.2 Å².